The third kappa shape index (κ3) is 2.25. The summed E-state index contributed by atoms with van der Waals surface area (Å²) in [7, 11) is 0. The molecule has 2 rings (SSSR count). The molecule has 0 N–H and O–H groups in total. The van der Waals surface area contributed by atoms with Crippen molar-refractivity contribution in [3.63, 3.8) is 0 Å². The van der Waals surface area contributed by atoms with Crippen molar-refractivity contribution in [1.29, 1.82) is 0 Å². The number of morpholine rings is 1. The molecule has 0 radical (unpaired) electrons. The van der Waals surface area contributed by atoms with Crippen LogP contribution >= 0.6 is 15.9 Å². The van der Waals surface area contributed by atoms with Gasteiger partial charge in [-0.05, 0) is 40.5 Å². The number of nitrogens with zero attached hydrogens (tertiary/aromatic N) is 2. The molecule has 4 heteroatoms. The maximum Gasteiger partial charge on any atom is 0.130 e. The van der Waals surface area contributed by atoms with Gasteiger partial charge in [-0.3, -0.25) is 0 Å². The molecule has 1 aliphatic heterocycles. The van der Waals surface area contributed by atoms with Gasteiger partial charge in [-0.25, -0.2) is 4.98 Å². The molecular weight excluding hydrogens is 244 g/mol. The first-order valence-electron chi connectivity index (χ1n) is 4.72. The summed E-state index contributed by atoms with van der Waals surface area (Å²) in [5.74, 6) is 1.04. The van der Waals surface area contributed by atoms with Gasteiger partial charge >= 0.3 is 0 Å². The molecule has 1 saturated heterocycles. The third-order valence-electron chi connectivity index (χ3n) is 2.26. The van der Waals surface area contributed by atoms with Gasteiger partial charge in [0.15, 0.2) is 0 Å². The van der Waals surface area contributed by atoms with E-state index in [0.29, 0.717) is 0 Å². The van der Waals surface area contributed by atoms with E-state index >= 15 is 0 Å². The number of halogens is 1. The largest absolute Gasteiger partial charge is 0.378 e. The topological polar surface area (TPSA) is 25.4 Å². The second-order valence-corrected chi connectivity index (χ2v) is 4.24. The van der Waals surface area contributed by atoms with Crippen molar-refractivity contribution in [2.75, 3.05) is 31.2 Å². The molecule has 14 heavy (non-hydrogen) atoms. The Bertz CT molecular complexity index is 304. The lowest BCUT2D eigenvalue weighted by atomic mass is 10.3. The van der Waals surface area contributed by atoms with E-state index < -0.39 is 0 Å². The summed E-state index contributed by atoms with van der Waals surface area (Å²) in [6, 6.07) is 4.13. The Kier molecular flexibility index (Phi) is 3.03. The second kappa shape index (κ2) is 4.28. The Hall–Kier alpha value is -0.610. The highest BCUT2D eigenvalue weighted by Crippen LogP contribution is 2.18. The van der Waals surface area contributed by atoms with Gasteiger partial charge in [0.05, 0.1) is 13.2 Å². The van der Waals surface area contributed by atoms with Crippen LogP contribution in [0, 0.1) is 6.92 Å². The Morgan fingerprint density at radius 3 is 2.71 bits per heavy atom. The first kappa shape index (κ1) is 9.93. The van der Waals surface area contributed by atoms with E-state index in [1.54, 1.807) is 0 Å². The van der Waals surface area contributed by atoms with Crippen molar-refractivity contribution in [2.24, 2.45) is 0 Å². The van der Waals surface area contributed by atoms with E-state index in [9.17, 15) is 0 Å². The zero-order valence-corrected chi connectivity index (χ0v) is 9.75. The van der Waals surface area contributed by atoms with E-state index in [-0.39, 0.29) is 0 Å². The van der Waals surface area contributed by atoms with Crippen LogP contribution in [0.2, 0.25) is 0 Å². The zero-order chi connectivity index (χ0) is 9.97. The lowest BCUT2D eigenvalue weighted by Crippen LogP contribution is -2.36. The summed E-state index contributed by atoms with van der Waals surface area (Å²) in [5.41, 5.74) is 1.23. The van der Waals surface area contributed by atoms with Gasteiger partial charge in [0, 0.05) is 13.1 Å². The monoisotopic (exact) mass is 256 g/mol. The van der Waals surface area contributed by atoms with E-state index in [4.69, 9.17) is 4.74 Å². The molecule has 0 unspecified atom stereocenters. The van der Waals surface area contributed by atoms with Crippen LogP contribution in [0.25, 0.3) is 0 Å². The Morgan fingerprint density at radius 1 is 1.36 bits per heavy atom. The second-order valence-electron chi connectivity index (χ2n) is 3.42. The molecule has 1 aliphatic rings. The van der Waals surface area contributed by atoms with Crippen LogP contribution in [0.15, 0.2) is 16.7 Å². The number of rotatable bonds is 1. The first-order chi connectivity index (χ1) is 6.75. The van der Waals surface area contributed by atoms with E-state index in [1.165, 1.54) is 5.56 Å². The molecule has 0 aromatic carbocycles. The number of aromatic nitrogens is 1. The molecule has 0 amide bonds. The predicted molar refractivity (Wildman–Crippen MR) is 59.7 cm³/mol. The molecular formula is C10H13BrN2O. The standard InChI is InChI=1S/C10H13BrN2O/c1-8-6-9(11)12-10(7-8)13-2-4-14-5-3-13/h6-7H,2-5H2,1H3. The number of anilines is 1. The van der Waals surface area contributed by atoms with Gasteiger partial charge < -0.3 is 9.64 Å². The summed E-state index contributed by atoms with van der Waals surface area (Å²) >= 11 is 3.41. The highest BCUT2D eigenvalue weighted by molar-refractivity contribution is 9.10. The van der Waals surface area contributed by atoms with Crippen LogP contribution < -0.4 is 4.90 Å². The van der Waals surface area contributed by atoms with E-state index in [0.717, 1.165) is 36.7 Å². The van der Waals surface area contributed by atoms with Crippen molar-refractivity contribution < 1.29 is 4.74 Å². The highest BCUT2D eigenvalue weighted by Gasteiger charge is 2.12. The molecule has 0 spiro atoms. The summed E-state index contributed by atoms with van der Waals surface area (Å²) in [6.45, 7) is 5.54. The minimum absolute atomic E-state index is 0.799. The molecule has 0 bridgehead atoms. The van der Waals surface area contributed by atoms with Crippen LogP contribution in [-0.2, 0) is 4.74 Å². The zero-order valence-electron chi connectivity index (χ0n) is 8.16. The molecule has 0 atom stereocenters. The lowest BCUT2D eigenvalue weighted by Gasteiger charge is -2.28. The quantitative estimate of drug-likeness (QED) is 0.719. The summed E-state index contributed by atoms with van der Waals surface area (Å²) in [6.07, 6.45) is 0. The van der Waals surface area contributed by atoms with Crippen LogP contribution in [0.5, 0.6) is 0 Å². The fourth-order valence-electron chi connectivity index (χ4n) is 1.56. The van der Waals surface area contributed by atoms with Crippen LogP contribution in [-0.4, -0.2) is 31.3 Å². The van der Waals surface area contributed by atoms with E-state index in [2.05, 4.69) is 38.8 Å². The Morgan fingerprint density at radius 2 is 2.07 bits per heavy atom. The molecule has 3 nitrogen and oxygen atoms in total. The fraction of sp³-hybridized carbons (Fsp3) is 0.500. The molecule has 0 aliphatic carbocycles. The van der Waals surface area contributed by atoms with Gasteiger partial charge in [0.1, 0.15) is 10.4 Å². The van der Waals surface area contributed by atoms with Crippen molar-refractivity contribution in [2.45, 2.75) is 6.92 Å². The SMILES string of the molecule is Cc1cc(Br)nc(N2CCOCC2)c1. The van der Waals surface area contributed by atoms with Gasteiger partial charge in [0.2, 0.25) is 0 Å². The molecule has 1 aromatic rings. The van der Waals surface area contributed by atoms with Crippen molar-refractivity contribution in [3.8, 4) is 0 Å². The smallest absolute Gasteiger partial charge is 0.130 e. The number of ether oxygens (including phenoxy) is 1. The van der Waals surface area contributed by atoms with Gasteiger partial charge in [-0.2, -0.15) is 0 Å². The predicted octanol–water partition coefficient (Wildman–Crippen LogP) is 1.99. The number of pyridine rings is 1. The molecule has 0 saturated carbocycles. The number of aryl methyl sites for hydroxylation is 1. The van der Waals surface area contributed by atoms with Gasteiger partial charge in [-0.1, -0.05) is 0 Å². The fourth-order valence-corrected chi connectivity index (χ4v) is 2.10. The van der Waals surface area contributed by atoms with Crippen LogP contribution in [0.1, 0.15) is 5.56 Å². The molecule has 2 heterocycles. The maximum atomic E-state index is 5.30. The summed E-state index contributed by atoms with van der Waals surface area (Å²) in [5, 5.41) is 0. The molecule has 76 valence electrons. The Balaban J connectivity index is 2.21. The third-order valence-corrected chi connectivity index (χ3v) is 2.67. The Labute approximate surface area is 92.2 Å². The number of hydrogen-bond donors (Lipinski definition) is 0. The number of hydrogen-bond acceptors (Lipinski definition) is 3. The normalized spacial score (nSPS) is 17.1. The molecule has 1 fully saturated rings. The average Bonchev–Trinajstić information content (AvgIpc) is 2.18. The van der Waals surface area contributed by atoms with Crippen molar-refractivity contribution in [3.05, 3.63) is 22.3 Å². The average molecular weight is 257 g/mol. The molecule has 1 aromatic heterocycles. The lowest BCUT2D eigenvalue weighted by molar-refractivity contribution is 0.122. The summed E-state index contributed by atoms with van der Waals surface area (Å²) < 4.78 is 6.20. The maximum absolute atomic E-state index is 5.30. The van der Waals surface area contributed by atoms with Crippen molar-refractivity contribution in [1.82, 2.24) is 4.98 Å². The minimum Gasteiger partial charge on any atom is -0.378 e. The summed E-state index contributed by atoms with van der Waals surface area (Å²) in [4.78, 5) is 6.70. The van der Waals surface area contributed by atoms with Crippen LogP contribution in [0.3, 0.4) is 0 Å². The van der Waals surface area contributed by atoms with E-state index in [1.807, 2.05) is 6.07 Å². The van der Waals surface area contributed by atoms with Gasteiger partial charge in [-0.15, -0.1) is 0 Å². The highest BCUT2D eigenvalue weighted by atomic mass is 79.9. The van der Waals surface area contributed by atoms with Crippen LogP contribution in [0.4, 0.5) is 5.82 Å². The minimum atomic E-state index is 0.799. The van der Waals surface area contributed by atoms with Crippen molar-refractivity contribution >= 4 is 21.7 Å². The van der Waals surface area contributed by atoms with Gasteiger partial charge in [0.25, 0.3) is 0 Å². The first-order valence-corrected chi connectivity index (χ1v) is 5.52.